The third-order valence-corrected chi connectivity index (χ3v) is 3.58. The molecule has 0 heterocycles. The van der Waals surface area contributed by atoms with E-state index in [4.69, 9.17) is 0 Å². The van der Waals surface area contributed by atoms with Crippen LogP contribution in [0.2, 0.25) is 0 Å². The molecular formula is C14H22F2O. The van der Waals surface area contributed by atoms with Crippen LogP contribution in [-0.4, -0.2) is 11.7 Å². The summed E-state index contributed by atoms with van der Waals surface area (Å²) in [7, 11) is 0. The largest absolute Gasteiger partial charge is 0.309 e. The molecule has 1 rings (SSSR count). The van der Waals surface area contributed by atoms with Crippen LogP contribution in [-0.2, 0) is 4.79 Å². The molecule has 0 aromatic heterocycles. The van der Waals surface area contributed by atoms with Gasteiger partial charge in [0.15, 0.2) is 0 Å². The third kappa shape index (κ3) is 4.57. The summed E-state index contributed by atoms with van der Waals surface area (Å²) in [4.78, 5) is 11.4. The lowest BCUT2D eigenvalue weighted by atomic mass is 9.97. The fourth-order valence-corrected chi connectivity index (χ4v) is 2.18. The lowest BCUT2D eigenvalue weighted by molar-refractivity contribution is -0.139. The SMILES string of the molecule is CC[C@H](C)CC(F)(F)C(=O)/C=C/C1CCCC1. The van der Waals surface area contributed by atoms with Crippen molar-refractivity contribution in [1.82, 2.24) is 0 Å². The maximum atomic E-state index is 13.5. The highest BCUT2D eigenvalue weighted by Gasteiger charge is 2.37. The topological polar surface area (TPSA) is 17.1 Å². The molecule has 1 fully saturated rings. The van der Waals surface area contributed by atoms with E-state index in [1.807, 2.05) is 6.92 Å². The number of hydrogen-bond acceptors (Lipinski definition) is 1. The maximum absolute atomic E-state index is 13.5. The summed E-state index contributed by atoms with van der Waals surface area (Å²) < 4.78 is 27.1. The van der Waals surface area contributed by atoms with Crippen molar-refractivity contribution in [3.8, 4) is 0 Å². The van der Waals surface area contributed by atoms with Crippen LogP contribution in [0.3, 0.4) is 0 Å². The Morgan fingerprint density at radius 2 is 2.00 bits per heavy atom. The van der Waals surface area contributed by atoms with Gasteiger partial charge in [-0.2, -0.15) is 8.78 Å². The molecule has 1 nitrogen and oxygen atoms in total. The van der Waals surface area contributed by atoms with Crippen LogP contribution in [0.5, 0.6) is 0 Å². The highest BCUT2D eigenvalue weighted by atomic mass is 19.3. The molecule has 0 amide bonds. The van der Waals surface area contributed by atoms with Crippen LogP contribution in [0, 0.1) is 11.8 Å². The van der Waals surface area contributed by atoms with Crippen molar-refractivity contribution in [2.45, 2.75) is 58.3 Å². The second kappa shape index (κ2) is 6.27. The van der Waals surface area contributed by atoms with Crippen LogP contribution in [0.1, 0.15) is 52.4 Å². The number of allylic oxidation sites excluding steroid dienone is 2. The molecule has 98 valence electrons. The molecule has 0 aliphatic heterocycles. The van der Waals surface area contributed by atoms with Gasteiger partial charge in [-0.3, -0.25) is 4.79 Å². The molecule has 0 aromatic carbocycles. The molecule has 0 radical (unpaired) electrons. The predicted octanol–water partition coefficient (Wildman–Crippen LogP) is 4.37. The van der Waals surface area contributed by atoms with E-state index >= 15 is 0 Å². The lowest BCUT2D eigenvalue weighted by Crippen LogP contribution is -2.29. The molecule has 3 heteroatoms. The first kappa shape index (κ1) is 14.3. The summed E-state index contributed by atoms with van der Waals surface area (Å²) >= 11 is 0. The summed E-state index contributed by atoms with van der Waals surface area (Å²) in [6.07, 6.45) is 7.48. The highest BCUT2D eigenvalue weighted by Crippen LogP contribution is 2.29. The predicted molar refractivity (Wildman–Crippen MR) is 65.1 cm³/mol. The van der Waals surface area contributed by atoms with Gasteiger partial charge in [0.1, 0.15) is 0 Å². The van der Waals surface area contributed by atoms with Crippen LogP contribution < -0.4 is 0 Å². The molecule has 0 N–H and O–H groups in total. The molecule has 1 aliphatic carbocycles. The van der Waals surface area contributed by atoms with E-state index in [1.54, 1.807) is 13.0 Å². The molecule has 0 bridgehead atoms. The first-order chi connectivity index (χ1) is 7.95. The smallest absolute Gasteiger partial charge is 0.288 e. The lowest BCUT2D eigenvalue weighted by Gasteiger charge is -2.17. The number of carbonyl (C=O) groups excluding carboxylic acids is 1. The molecule has 17 heavy (non-hydrogen) atoms. The first-order valence-corrected chi connectivity index (χ1v) is 6.56. The fraction of sp³-hybridized carbons (Fsp3) is 0.786. The molecule has 1 aliphatic rings. The fourth-order valence-electron chi connectivity index (χ4n) is 2.18. The van der Waals surface area contributed by atoms with Crippen molar-refractivity contribution >= 4 is 5.78 Å². The Hall–Kier alpha value is -0.730. The van der Waals surface area contributed by atoms with Gasteiger partial charge in [0, 0.05) is 6.42 Å². The number of halogens is 2. The van der Waals surface area contributed by atoms with Gasteiger partial charge in [-0.05, 0) is 30.8 Å². The Bertz CT molecular complexity index is 278. The molecule has 0 unspecified atom stereocenters. The minimum atomic E-state index is -3.19. The van der Waals surface area contributed by atoms with Gasteiger partial charge in [-0.15, -0.1) is 0 Å². The Labute approximate surface area is 102 Å². The number of rotatable bonds is 6. The quantitative estimate of drug-likeness (QED) is 0.634. The zero-order chi connectivity index (χ0) is 12.9. The van der Waals surface area contributed by atoms with E-state index in [0.717, 1.165) is 31.8 Å². The van der Waals surface area contributed by atoms with Crippen LogP contribution in [0.15, 0.2) is 12.2 Å². The summed E-state index contributed by atoms with van der Waals surface area (Å²) in [5.74, 6) is -4.00. The van der Waals surface area contributed by atoms with E-state index in [9.17, 15) is 13.6 Å². The molecule has 0 spiro atoms. The summed E-state index contributed by atoms with van der Waals surface area (Å²) in [5.41, 5.74) is 0. The number of hydrogen-bond donors (Lipinski definition) is 0. The molecular weight excluding hydrogens is 222 g/mol. The van der Waals surface area contributed by atoms with E-state index in [0.29, 0.717) is 12.3 Å². The maximum Gasteiger partial charge on any atom is 0.309 e. The zero-order valence-electron chi connectivity index (χ0n) is 10.7. The van der Waals surface area contributed by atoms with Gasteiger partial charge in [0.2, 0.25) is 5.78 Å². The second-order valence-electron chi connectivity index (χ2n) is 5.19. The first-order valence-electron chi connectivity index (χ1n) is 6.56. The molecule has 1 saturated carbocycles. The van der Waals surface area contributed by atoms with Crippen molar-refractivity contribution in [1.29, 1.82) is 0 Å². The van der Waals surface area contributed by atoms with Gasteiger partial charge in [-0.1, -0.05) is 39.2 Å². The number of carbonyl (C=O) groups is 1. The van der Waals surface area contributed by atoms with E-state index in [-0.39, 0.29) is 12.3 Å². The van der Waals surface area contributed by atoms with Crippen LogP contribution in [0.25, 0.3) is 0 Å². The van der Waals surface area contributed by atoms with Crippen molar-refractivity contribution in [3.05, 3.63) is 12.2 Å². The number of ketones is 1. The second-order valence-corrected chi connectivity index (χ2v) is 5.19. The van der Waals surface area contributed by atoms with Crippen molar-refractivity contribution in [2.75, 3.05) is 0 Å². The molecule has 0 aromatic rings. The summed E-state index contributed by atoms with van der Waals surface area (Å²) in [5, 5.41) is 0. The highest BCUT2D eigenvalue weighted by molar-refractivity contribution is 5.95. The Morgan fingerprint density at radius 1 is 1.41 bits per heavy atom. The average molecular weight is 244 g/mol. The van der Waals surface area contributed by atoms with E-state index in [1.165, 1.54) is 0 Å². The van der Waals surface area contributed by atoms with Crippen molar-refractivity contribution < 1.29 is 13.6 Å². The average Bonchev–Trinajstić information content (AvgIpc) is 2.77. The van der Waals surface area contributed by atoms with Crippen LogP contribution >= 0.6 is 0 Å². The van der Waals surface area contributed by atoms with E-state index < -0.39 is 11.7 Å². The summed E-state index contributed by atoms with van der Waals surface area (Å²) in [6.45, 7) is 3.61. The van der Waals surface area contributed by atoms with Crippen molar-refractivity contribution in [2.24, 2.45) is 11.8 Å². The minimum absolute atomic E-state index is 0.117. The zero-order valence-corrected chi connectivity index (χ0v) is 10.7. The normalized spacial score (nSPS) is 20.0. The monoisotopic (exact) mass is 244 g/mol. The van der Waals surface area contributed by atoms with Gasteiger partial charge in [0.05, 0.1) is 0 Å². The third-order valence-electron chi connectivity index (χ3n) is 3.58. The van der Waals surface area contributed by atoms with Gasteiger partial charge in [0.25, 0.3) is 0 Å². The number of alkyl halides is 2. The Kier molecular flexibility index (Phi) is 5.29. The Balaban J connectivity index is 2.49. The summed E-state index contributed by atoms with van der Waals surface area (Å²) in [6, 6.07) is 0. The minimum Gasteiger partial charge on any atom is -0.288 e. The Morgan fingerprint density at radius 3 is 2.53 bits per heavy atom. The van der Waals surface area contributed by atoms with Gasteiger partial charge >= 0.3 is 5.92 Å². The van der Waals surface area contributed by atoms with Gasteiger partial charge < -0.3 is 0 Å². The van der Waals surface area contributed by atoms with Gasteiger partial charge in [-0.25, -0.2) is 0 Å². The van der Waals surface area contributed by atoms with Crippen molar-refractivity contribution in [3.63, 3.8) is 0 Å². The molecule has 1 atom stereocenters. The molecule has 0 saturated heterocycles. The van der Waals surface area contributed by atoms with Crippen LogP contribution in [0.4, 0.5) is 8.78 Å². The standard InChI is InChI=1S/C14H22F2O/c1-3-11(2)10-14(15,16)13(17)9-8-12-6-4-5-7-12/h8-9,11-12H,3-7,10H2,1-2H3/b9-8+/t11-/m0/s1. The van der Waals surface area contributed by atoms with E-state index in [2.05, 4.69) is 0 Å².